The van der Waals surface area contributed by atoms with Gasteiger partial charge in [-0.2, -0.15) is 0 Å². The van der Waals surface area contributed by atoms with Gasteiger partial charge in [0.05, 0.1) is 10.6 Å². The van der Waals surface area contributed by atoms with E-state index in [9.17, 15) is 8.42 Å². The Hall–Kier alpha value is -1.16. The highest BCUT2D eigenvalue weighted by molar-refractivity contribution is 7.99. The number of nitrogens with one attached hydrogen (secondary N) is 1. The molecule has 0 unspecified atom stereocenters. The van der Waals surface area contributed by atoms with Gasteiger partial charge in [0, 0.05) is 18.0 Å². The Morgan fingerprint density at radius 2 is 2.22 bits per heavy atom. The summed E-state index contributed by atoms with van der Waals surface area (Å²) in [6, 6.07) is 4.70. The third-order valence-electron chi connectivity index (χ3n) is 2.28. The molecule has 0 saturated heterocycles. The van der Waals surface area contributed by atoms with Gasteiger partial charge in [-0.25, -0.2) is 13.1 Å². The molecule has 0 amide bonds. The summed E-state index contributed by atoms with van der Waals surface area (Å²) in [4.78, 5) is 0.188. The van der Waals surface area contributed by atoms with Crippen molar-refractivity contribution in [3.63, 3.8) is 0 Å². The second-order valence-corrected chi connectivity index (χ2v) is 6.55. The summed E-state index contributed by atoms with van der Waals surface area (Å²) in [5.74, 6) is 3.71. The maximum Gasteiger partial charge on any atom is 0.240 e. The van der Waals surface area contributed by atoms with E-state index in [1.165, 1.54) is 17.8 Å². The molecule has 1 aromatic rings. The van der Waals surface area contributed by atoms with E-state index in [0.29, 0.717) is 23.7 Å². The summed E-state index contributed by atoms with van der Waals surface area (Å²) in [7, 11) is -3.48. The highest BCUT2D eigenvalue weighted by Gasteiger charge is 2.13. The van der Waals surface area contributed by atoms with Crippen LogP contribution in [0, 0.1) is 19.3 Å². The maximum absolute atomic E-state index is 11.9. The molecule has 6 heteroatoms. The van der Waals surface area contributed by atoms with Crippen LogP contribution in [0.2, 0.25) is 0 Å². The van der Waals surface area contributed by atoms with E-state index in [1.54, 1.807) is 12.1 Å². The Kier molecular flexibility index (Phi) is 5.54. The van der Waals surface area contributed by atoms with Gasteiger partial charge in [-0.1, -0.05) is 12.0 Å². The van der Waals surface area contributed by atoms with Crippen LogP contribution in [0.1, 0.15) is 5.56 Å². The zero-order valence-corrected chi connectivity index (χ0v) is 11.8. The van der Waals surface area contributed by atoms with E-state index in [-0.39, 0.29) is 4.90 Å². The fourth-order valence-electron chi connectivity index (χ4n) is 1.25. The van der Waals surface area contributed by atoms with Gasteiger partial charge in [-0.3, -0.25) is 0 Å². The lowest BCUT2D eigenvalue weighted by Crippen LogP contribution is -2.26. The van der Waals surface area contributed by atoms with E-state index in [2.05, 4.69) is 10.6 Å². The van der Waals surface area contributed by atoms with Crippen molar-refractivity contribution in [1.29, 1.82) is 0 Å². The average molecular weight is 284 g/mol. The van der Waals surface area contributed by atoms with Gasteiger partial charge >= 0.3 is 0 Å². The number of sulfonamides is 1. The third-order valence-corrected chi connectivity index (χ3v) is 4.61. The van der Waals surface area contributed by atoms with Gasteiger partial charge in [-0.15, -0.1) is 18.2 Å². The fourth-order valence-corrected chi connectivity index (χ4v) is 2.95. The summed E-state index contributed by atoms with van der Waals surface area (Å²) in [6.07, 6.45) is 5.10. The number of hydrogen-bond acceptors (Lipinski definition) is 4. The fraction of sp³-hybridized carbons (Fsp3) is 0.333. The molecule has 0 aliphatic rings. The largest absolute Gasteiger partial charge is 0.398 e. The molecule has 3 N–H and O–H groups in total. The van der Waals surface area contributed by atoms with E-state index in [1.807, 2.05) is 6.92 Å². The predicted molar refractivity (Wildman–Crippen MR) is 76.9 cm³/mol. The average Bonchev–Trinajstić information content (AvgIpc) is 2.32. The van der Waals surface area contributed by atoms with Crippen LogP contribution in [-0.4, -0.2) is 26.5 Å². The molecule has 0 aromatic heterocycles. The van der Waals surface area contributed by atoms with E-state index < -0.39 is 10.0 Å². The van der Waals surface area contributed by atoms with Gasteiger partial charge in [-0.05, 0) is 24.6 Å². The minimum absolute atomic E-state index is 0.188. The van der Waals surface area contributed by atoms with E-state index >= 15 is 0 Å². The van der Waals surface area contributed by atoms with E-state index in [0.717, 1.165) is 5.56 Å². The highest BCUT2D eigenvalue weighted by atomic mass is 32.2. The van der Waals surface area contributed by atoms with Crippen molar-refractivity contribution in [3.05, 3.63) is 23.8 Å². The molecule has 0 aliphatic heterocycles. The molecule has 0 heterocycles. The monoisotopic (exact) mass is 284 g/mol. The smallest absolute Gasteiger partial charge is 0.240 e. The number of nitrogens with two attached hydrogens (primary N) is 1. The Morgan fingerprint density at radius 3 is 2.83 bits per heavy atom. The van der Waals surface area contributed by atoms with Gasteiger partial charge in [0.2, 0.25) is 10.0 Å². The van der Waals surface area contributed by atoms with Gasteiger partial charge in [0.1, 0.15) is 0 Å². The van der Waals surface area contributed by atoms with Crippen LogP contribution in [-0.2, 0) is 10.0 Å². The first-order chi connectivity index (χ1) is 8.47. The summed E-state index contributed by atoms with van der Waals surface area (Å²) in [5.41, 5.74) is 7.02. The number of hydrogen-bond donors (Lipinski definition) is 2. The number of rotatable bonds is 6. The normalized spacial score (nSPS) is 11.1. The van der Waals surface area contributed by atoms with Crippen molar-refractivity contribution in [2.75, 3.05) is 23.8 Å². The number of nitrogen functional groups attached to an aromatic ring is 1. The van der Waals surface area contributed by atoms with Crippen LogP contribution in [0.4, 0.5) is 5.69 Å². The molecule has 18 heavy (non-hydrogen) atoms. The van der Waals surface area contributed by atoms with Crippen molar-refractivity contribution < 1.29 is 8.42 Å². The standard InChI is InChI=1S/C12H16N2O2S2/c1-3-7-17-8-6-14-18(15,16)11-5-4-10(2)12(13)9-11/h1,4-5,9,14H,6-8,13H2,2H3. The van der Waals surface area contributed by atoms with Gasteiger partial charge < -0.3 is 5.73 Å². The molecule has 0 aliphatic carbocycles. The molecule has 1 aromatic carbocycles. The van der Waals surface area contributed by atoms with Crippen LogP contribution in [0.15, 0.2) is 23.1 Å². The lowest BCUT2D eigenvalue weighted by molar-refractivity contribution is 0.584. The molecule has 0 spiro atoms. The Bertz CT molecular complexity index is 548. The number of terminal acetylenes is 1. The summed E-state index contributed by atoms with van der Waals surface area (Å²) >= 11 is 1.51. The molecule has 4 nitrogen and oxygen atoms in total. The quantitative estimate of drug-likeness (QED) is 0.468. The molecular formula is C12H16N2O2S2. The second kappa shape index (κ2) is 6.69. The number of thioether (sulfide) groups is 1. The summed E-state index contributed by atoms with van der Waals surface area (Å²) < 4.78 is 26.3. The minimum Gasteiger partial charge on any atom is -0.398 e. The number of anilines is 1. The first kappa shape index (κ1) is 14.9. The molecule has 98 valence electrons. The molecular weight excluding hydrogens is 268 g/mol. The van der Waals surface area contributed by atoms with Crippen molar-refractivity contribution in [2.24, 2.45) is 0 Å². The van der Waals surface area contributed by atoms with Crippen molar-refractivity contribution in [2.45, 2.75) is 11.8 Å². The van der Waals surface area contributed by atoms with Crippen molar-refractivity contribution >= 4 is 27.5 Å². The molecule has 0 fully saturated rings. The first-order valence-corrected chi connectivity index (χ1v) is 7.98. The SMILES string of the molecule is C#CCSCCNS(=O)(=O)c1ccc(C)c(N)c1. The Labute approximate surface area is 112 Å². The van der Waals surface area contributed by atoms with Crippen molar-refractivity contribution in [3.8, 4) is 12.3 Å². The summed E-state index contributed by atoms with van der Waals surface area (Å²) in [6.45, 7) is 2.18. The van der Waals surface area contributed by atoms with Crippen LogP contribution < -0.4 is 10.5 Å². The lowest BCUT2D eigenvalue weighted by atomic mass is 10.2. The molecule has 0 bridgehead atoms. The predicted octanol–water partition coefficient (Wildman–Crippen LogP) is 1.22. The molecule has 1 rings (SSSR count). The van der Waals surface area contributed by atoms with Crippen LogP contribution in [0.5, 0.6) is 0 Å². The van der Waals surface area contributed by atoms with Gasteiger partial charge in [0.25, 0.3) is 0 Å². The van der Waals surface area contributed by atoms with Crippen LogP contribution >= 0.6 is 11.8 Å². The van der Waals surface area contributed by atoms with Crippen molar-refractivity contribution in [1.82, 2.24) is 4.72 Å². The first-order valence-electron chi connectivity index (χ1n) is 5.34. The maximum atomic E-state index is 11.9. The Balaban J connectivity index is 2.63. The van der Waals surface area contributed by atoms with Crippen LogP contribution in [0.3, 0.4) is 0 Å². The topological polar surface area (TPSA) is 72.2 Å². The number of aryl methyl sites for hydroxylation is 1. The minimum atomic E-state index is -3.48. The third kappa shape index (κ3) is 4.26. The number of benzene rings is 1. The van der Waals surface area contributed by atoms with Crippen LogP contribution in [0.25, 0.3) is 0 Å². The van der Waals surface area contributed by atoms with Gasteiger partial charge in [0.15, 0.2) is 0 Å². The second-order valence-electron chi connectivity index (χ2n) is 3.67. The zero-order valence-electron chi connectivity index (χ0n) is 10.1. The molecule has 0 saturated carbocycles. The molecule has 0 atom stereocenters. The highest BCUT2D eigenvalue weighted by Crippen LogP contribution is 2.16. The zero-order chi connectivity index (χ0) is 13.6. The summed E-state index contributed by atoms with van der Waals surface area (Å²) in [5, 5.41) is 0. The van der Waals surface area contributed by atoms with E-state index in [4.69, 9.17) is 12.2 Å². The molecule has 0 radical (unpaired) electrons. The Morgan fingerprint density at radius 1 is 1.50 bits per heavy atom. The lowest BCUT2D eigenvalue weighted by Gasteiger charge is -2.08.